The molecule has 0 amide bonds. The minimum absolute atomic E-state index is 0.783. The van der Waals surface area contributed by atoms with Crippen LogP contribution in [0.1, 0.15) is 58.3 Å². The monoisotopic (exact) mass is 255 g/mol. The summed E-state index contributed by atoms with van der Waals surface area (Å²) in [4.78, 5) is 0. The van der Waals surface area contributed by atoms with E-state index >= 15 is 0 Å². The molecule has 1 nitrogen and oxygen atoms in total. The standard InChI is InChI=1S/C15H29NS/c1-3-12-8-4-5-9-13(12)15(16-2)14-10-6-7-11-17-14/h12-16H,3-11H2,1-2H3. The van der Waals surface area contributed by atoms with Crippen molar-refractivity contribution in [2.75, 3.05) is 12.8 Å². The van der Waals surface area contributed by atoms with Crippen molar-refractivity contribution in [3.63, 3.8) is 0 Å². The average Bonchev–Trinajstić information content (AvgIpc) is 2.41. The zero-order valence-electron chi connectivity index (χ0n) is 11.6. The first-order chi connectivity index (χ1) is 8.36. The topological polar surface area (TPSA) is 12.0 Å². The Morgan fingerprint density at radius 1 is 1.12 bits per heavy atom. The van der Waals surface area contributed by atoms with E-state index in [9.17, 15) is 0 Å². The van der Waals surface area contributed by atoms with Crippen molar-refractivity contribution < 1.29 is 0 Å². The van der Waals surface area contributed by atoms with Gasteiger partial charge in [-0.15, -0.1) is 0 Å². The number of nitrogens with one attached hydrogen (secondary N) is 1. The molecule has 2 fully saturated rings. The molecule has 1 heterocycles. The summed E-state index contributed by atoms with van der Waals surface area (Å²) in [5.74, 6) is 3.34. The first-order valence-electron chi connectivity index (χ1n) is 7.65. The lowest BCUT2D eigenvalue weighted by molar-refractivity contribution is 0.174. The van der Waals surface area contributed by atoms with Crippen molar-refractivity contribution in [2.24, 2.45) is 11.8 Å². The van der Waals surface area contributed by atoms with Crippen LogP contribution in [0.25, 0.3) is 0 Å². The summed E-state index contributed by atoms with van der Waals surface area (Å²) >= 11 is 2.24. The van der Waals surface area contributed by atoms with Gasteiger partial charge in [0, 0.05) is 11.3 Å². The van der Waals surface area contributed by atoms with Gasteiger partial charge in [0.15, 0.2) is 0 Å². The maximum atomic E-state index is 3.68. The molecule has 0 spiro atoms. The molecule has 4 atom stereocenters. The molecule has 17 heavy (non-hydrogen) atoms. The zero-order chi connectivity index (χ0) is 12.1. The van der Waals surface area contributed by atoms with Gasteiger partial charge in [0.05, 0.1) is 0 Å². The van der Waals surface area contributed by atoms with E-state index < -0.39 is 0 Å². The second kappa shape index (κ2) is 7.04. The summed E-state index contributed by atoms with van der Waals surface area (Å²) in [6.45, 7) is 2.39. The number of hydrogen-bond donors (Lipinski definition) is 1. The van der Waals surface area contributed by atoms with Crippen molar-refractivity contribution >= 4 is 11.8 Å². The summed E-state index contributed by atoms with van der Waals surface area (Å²) < 4.78 is 0. The van der Waals surface area contributed by atoms with E-state index in [1.807, 2.05) is 0 Å². The first kappa shape index (κ1) is 13.7. The first-order valence-corrected chi connectivity index (χ1v) is 8.70. The fourth-order valence-electron chi connectivity index (χ4n) is 3.94. The summed E-state index contributed by atoms with van der Waals surface area (Å²) in [7, 11) is 2.20. The van der Waals surface area contributed by atoms with E-state index in [-0.39, 0.29) is 0 Å². The van der Waals surface area contributed by atoms with Crippen molar-refractivity contribution in [1.29, 1.82) is 0 Å². The Balaban J connectivity index is 1.99. The van der Waals surface area contributed by atoms with Crippen LogP contribution < -0.4 is 5.32 Å². The third kappa shape index (κ3) is 3.41. The highest BCUT2D eigenvalue weighted by Gasteiger charge is 2.35. The molecule has 0 aromatic carbocycles. The minimum Gasteiger partial charge on any atom is -0.316 e. The van der Waals surface area contributed by atoms with Crippen LogP contribution in [0.2, 0.25) is 0 Å². The van der Waals surface area contributed by atoms with Gasteiger partial charge in [0.1, 0.15) is 0 Å². The average molecular weight is 255 g/mol. The molecule has 2 aliphatic rings. The third-order valence-electron chi connectivity index (χ3n) is 4.90. The highest BCUT2D eigenvalue weighted by molar-refractivity contribution is 8.00. The molecule has 2 heteroatoms. The van der Waals surface area contributed by atoms with Gasteiger partial charge in [-0.3, -0.25) is 0 Å². The van der Waals surface area contributed by atoms with Crippen LogP contribution in [-0.4, -0.2) is 24.1 Å². The lowest BCUT2D eigenvalue weighted by Gasteiger charge is -2.41. The fourth-order valence-corrected chi connectivity index (χ4v) is 5.49. The highest BCUT2D eigenvalue weighted by atomic mass is 32.2. The summed E-state index contributed by atoms with van der Waals surface area (Å²) in [5.41, 5.74) is 0. The third-order valence-corrected chi connectivity index (χ3v) is 6.38. The zero-order valence-corrected chi connectivity index (χ0v) is 12.4. The second-order valence-corrected chi connectivity index (χ2v) is 7.18. The molecule has 1 aliphatic carbocycles. The van der Waals surface area contributed by atoms with Gasteiger partial charge in [-0.05, 0) is 43.9 Å². The predicted molar refractivity (Wildman–Crippen MR) is 78.7 cm³/mol. The van der Waals surface area contributed by atoms with Crippen molar-refractivity contribution in [3.05, 3.63) is 0 Å². The maximum Gasteiger partial charge on any atom is 0.0214 e. The van der Waals surface area contributed by atoms with E-state index in [0.717, 1.165) is 23.1 Å². The van der Waals surface area contributed by atoms with E-state index in [1.165, 1.54) is 57.1 Å². The van der Waals surface area contributed by atoms with E-state index in [1.54, 1.807) is 0 Å². The van der Waals surface area contributed by atoms with Gasteiger partial charge in [-0.1, -0.05) is 39.0 Å². The Morgan fingerprint density at radius 2 is 1.88 bits per heavy atom. The van der Waals surface area contributed by atoms with Crippen molar-refractivity contribution in [3.8, 4) is 0 Å². The molecule has 100 valence electrons. The van der Waals surface area contributed by atoms with Gasteiger partial charge in [0.25, 0.3) is 0 Å². The normalized spacial score (nSPS) is 36.7. The molecule has 4 unspecified atom stereocenters. The van der Waals surface area contributed by atoms with E-state index in [0.29, 0.717) is 0 Å². The smallest absolute Gasteiger partial charge is 0.0214 e. The molecule has 0 aromatic heterocycles. The van der Waals surface area contributed by atoms with Crippen LogP contribution in [0.4, 0.5) is 0 Å². The predicted octanol–water partition coefficient (Wildman–Crippen LogP) is 4.08. The Bertz CT molecular complexity index is 213. The molecule has 0 aromatic rings. The maximum absolute atomic E-state index is 3.68. The van der Waals surface area contributed by atoms with Crippen molar-refractivity contribution in [1.82, 2.24) is 5.32 Å². The quantitative estimate of drug-likeness (QED) is 0.812. The molecule has 0 radical (unpaired) electrons. The van der Waals surface area contributed by atoms with Crippen LogP contribution in [0.3, 0.4) is 0 Å². The molecule has 1 N–H and O–H groups in total. The highest BCUT2D eigenvalue weighted by Crippen LogP contribution is 2.39. The Morgan fingerprint density at radius 3 is 2.53 bits per heavy atom. The number of hydrogen-bond acceptors (Lipinski definition) is 2. The van der Waals surface area contributed by atoms with Gasteiger partial charge in [0.2, 0.25) is 0 Å². The largest absolute Gasteiger partial charge is 0.316 e. The lowest BCUT2D eigenvalue weighted by Crippen LogP contribution is -2.46. The number of thioether (sulfide) groups is 1. The van der Waals surface area contributed by atoms with E-state index in [4.69, 9.17) is 0 Å². The van der Waals surface area contributed by atoms with Crippen molar-refractivity contribution in [2.45, 2.75) is 69.6 Å². The molecule has 0 bridgehead atoms. The SMILES string of the molecule is CCC1CCCCC1C(NC)C1CCCCS1. The molecule has 1 saturated carbocycles. The number of rotatable bonds is 4. The Labute approximate surface area is 112 Å². The van der Waals surface area contributed by atoms with Gasteiger partial charge >= 0.3 is 0 Å². The molecular formula is C15H29NS. The summed E-state index contributed by atoms with van der Waals surface area (Å²) in [6.07, 6.45) is 11.6. The molecule has 1 aliphatic heterocycles. The van der Waals surface area contributed by atoms with E-state index in [2.05, 4.69) is 31.1 Å². The fraction of sp³-hybridized carbons (Fsp3) is 1.00. The minimum atomic E-state index is 0.783. The Kier molecular flexibility index (Phi) is 5.68. The van der Waals surface area contributed by atoms with Gasteiger partial charge in [-0.25, -0.2) is 0 Å². The molecular weight excluding hydrogens is 226 g/mol. The van der Waals surface area contributed by atoms with Crippen LogP contribution >= 0.6 is 11.8 Å². The summed E-state index contributed by atoms with van der Waals surface area (Å²) in [5, 5.41) is 4.58. The van der Waals surface area contributed by atoms with Crippen LogP contribution in [0, 0.1) is 11.8 Å². The van der Waals surface area contributed by atoms with Crippen LogP contribution in [0.5, 0.6) is 0 Å². The van der Waals surface area contributed by atoms with Gasteiger partial charge in [-0.2, -0.15) is 11.8 Å². The van der Waals surface area contributed by atoms with Crippen LogP contribution in [0.15, 0.2) is 0 Å². The Hall–Kier alpha value is 0.310. The lowest BCUT2D eigenvalue weighted by atomic mass is 9.73. The molecule has 1 saturated heterocycles. The molecule has 2 rings (SSSR count). The summed E-state index contributed by atoms with van der Waals surface area (Å²) in [6, 6.07) is 0.783. The van der Waals surface area contributed by atoms with Gasteiger partial charge < -0.3 is 5.32 Å². The second-order valence-electron chi connectivity index (χ2n) is 5.84. The van der Waals surface area contributed by atoms with Crippen LogP contribution in [-0.2, 0) is 0 Å².